The molecule has 20 heavy (non-hydrogen) atoms. The molecule has 5 nitrogen and oxygen atoms in total. The van der Waals surface area contributed by atoms with Crippen molar-refractivity contribution in [2.75, 3.05) is 14.2 Å². The van der Waals surface area contributed by atoms with E-state index in [1.165, 1.54) is 14.2 Å². The molecule has 110 valence electrons. The summed E-state index contributed by atoms with van der Waals surface area (Å²) in [5, 5.41) is 10.2. The van der Waals surface area contributed by atoms with E-state index in [9.17, 15) is 5.11 Å². The van der Waals surface area contributed by atoms with E-state index in [2.05, 4.69) is 22.5 Å². The molecular formula is C15H22N2O3. The summed E-state index contributed by atoms with van der Waals surface area (Å²) in [7, 11) is 3.04. The highest BCUT2D eigenvalue weighted by Crippen LogP contribution is 2.18. The number of rotatable bonds is 7. The molecule has 1 N–H and O–H groups in total. The van der Waals surface area contributed by atoms with E-state index in [1.54, 1.807) is 0 Å². The third-order valence-corrected chi connectivity index (χ3v) is 3.35. The van der Waals surface area contributed by atoms with E-state index >= 15 is 0 Å². The average molecular weight is 278 g/mol. The third-order valence-electron chi connectivity index (χ3n) is 3.35. The molecule has 0 amide bonds. The van der Waals surface area contributed by atoms with Gasteiger partial charge in [0, 0.05) is 27.2 Å². The standard InChI is InChI=1S/C15H22N2O3/c1-4-9-17-12-8-6-5-7-11(12)16-14(17)10-13(18)15(19-2)20-3/h5-8,13,15,18H,4,9-10H2,1-3H3. The minimum Gasteiger partial charge on any atom is -0.387 e. The SMILES string of the molecule is CCCn1c(CC(O)C(OC)OC)nc2ccccc21. The summed E-state index contributed by atoms with van der Waals surface area (Å²) < 4.78 is 12.3. The summed E-state index contributed by atoms with van der Waals surface area (Å²) in [6.07, 6.45) is 0.0462. The number of para-hydroxylation sites is 2. The number of imidazole rings is 1. The predicted molar refractivity (Wildman–Crippen MR) is 77.5 cm³/mol. The monoisotopic (exact) mass is 278 g/mol. The number of aliphatic hydroxyl groups is 1. The number of fused-ring (bicyclic) bond motifs is 1. The van der Waals surface area contributed by atoms with Gasteiger partial charge in [-0.25, -0.2) is 4.98 Å². The lowest BCUT2D eigenvalue weighted by Gasteiger charge is -2.20. The van der Waals surface area contributed by atoms with E-state index in [0.29, 0.717) is 6.42 Å². The molecule has 0 spiro atoms. The maximum atomic E-state index is 10.2. The highest BCUT2D eigenvalue weighted by Gasteiger charge is 2.21. The lowest BCUT2D eigenvalue weighted by atomic mass is 10.2. The minimum atomic E-state index is -0.739. The molecule has 2 rings (SSSR count). The van der Waals surface area contributed by atoms with Crippen molar-refractivity contribution in [2.45, 2.75) is 38.7 Å². The topological polar surface area (TPSA) is 56.5 Å². The fraction of sp³-hybridized carbons (Fsp3) is 0.533. The molecule has 0 saturated heterocycles. The van der Waals surface area contributed by atoms with Crippen LogP contribution in [0.5, 0.6) is 0 Å². The molecule has 1 aromatic carbocycles. The van der Waals surface area contributed by atoms with Gasteiger partial charge in [-0.15, -0.1) is 0 Å². The van der Waals surface area contributed by atoms with Gasteiger partial charge in [0.1, 0.15) is 11.9 Å². The van der Waals surface area contributed by atoms with E-state index in [4.69, 9.17) is 9.47 Å². The van der Waals surface area contributed by atoms with Gasteiger partial charge in [-0.2, -0.15) is 0 Å². The summed E-state index contributed by atoms with van der Waals surface area (Å²) in [5.74, 6) is 0.861. The van der Waals surface area contributed by atoms with Crippen LogP contribution in [-0.4, -0.2) is 41.3 Å². The van der Waals surface area contributed by atoms with E-state index < -0.39 is 12.4 Å². The zero-order chi connectivity index (χ0) is 14.5. The fourth-order valence-corrected chi connectivity index (χ4v) is 2.45. The van der Waals surface area contributed by atoms with Gasteiger partial charge in [0.05, 0.1) is 11.0 Å². The Labute approximate surface area is 119 Å². The number of aromatic nitrogens is 2. The highest BCUT2D eigenvalue weighted by molar-refractivity contribution is 5.75. The van der Waals surface area contributed by atoms with Crippen molar-refractivity contribution in [1.82, 2.24) is 9.55 Å². The molecule has 0 bridgehead atoms. The van der Waals surface area contributed by atoms with Gasteiger partial charge in [0.15, 0.2) is 6.29 Å². The third kappa shape index (κ3) is 3.00. The van der Waals surface area contributed by atoms with E-state index in [-0.39, 0.29) is 0 Å². The maximum Gasteiger partial charge on any atom is 0.183 e. The predicted octanol–water partition coefficient (Wildman–Crippen LogP) is 1.97. The van der Waals surface area contributed by atoms with Gasteiger partial charge in [-0.05, 0) is 18.6 Å². The van der Waals surface area contributed by atoms with Gasteiger partial charge in [-0.1, -0.05) is 19.1 Å². The van der Waals surface area contributed by atoms with E-state index in [0.717, 1.165) is 29.8 Å². The lowest BCUT2D eigenvalue weighted by Crippen LogP contribution is -2.32. The van der Waals surface area contributed by atoms with Crippen molar-refractivity contribution in [3.05, 3.63) is 30.1 Å². The normalized spacial score (nSPS) is 13.2. The lowest BCUT2D eigenvalue weighted by molar-refractivity contribution is -0.163. The molecule has 0 fully saturated rings. The Balaban J connectivity index is 2.30. The fourth-order valence-electron chi connectivity index (χ4n) is 2.45. The first-order valence-electron chi connectivity index (χ1n) is 6.89. The van der Waals surface area contributed by atoms with Crippen LogP contribution < -0.4 is 0 Å². The summed E-state index contributed by atoms with van der Waals surface area (Å²) in [6, 6.07) is 8.02. The molecule has 0 aliphatic carbocycles. The molecular weight excluding hydrogens is 256 g/mol. The number of benzene rings is 1. The van der Waals surface area contributed by atoms with Crippen LogP contribution in [0.25, 0.3) is 11.0 Å². The van der Waals surface area contributed by atoms with Crippen LogP contribution in [0.1, 0.15) is 19.2 Å². The Morgan fingerprint density at radius 1 is 1.25 bits per heavy atom. The van der Waals surface area contributed by atoms with Crippen LogP contribution >= 0.6 is 0 Å². The molecule has 2 aromatic rings. The summed E-state index contributed by atoms with van der Waals surface area (Å²) >= 11 is 0. The van der Waals surface area contributed by atoms with Crippen molar-refractivity contribution in [3.63, 3.8) is 0 Å². The second-order valence-electron chi connectivity index (χ2n) is 4.78. The largest absolute Gasteiger partial charge is 0.387 e. The Morgan fingerprint density at radius 3 is 2.60 bits per heavy atom. The van der Waals surface area contributed by atoms with Crippen molar-refractivity contribution in [1.29, 1.82) is 0 Å². The van der Waals surface area contributed by atoms with E-state index in [1.807, 2.05) is 18.2 Å². The molecule has 0 radical (unpaired) electrons. The van der Waals surface area contributed by atoms with Gasteiger partial charge in [0.2, 0.25) is 0 Å². The number of hydrogen-bond donors (Lipinski definition) is 1. The van der Waals surface area contributed by atoms with Crippen LogP contribution in [0.3, 0.4) is 0 Å². The molecule has 5 heteroatoms. The first kappa shape index (κ1) is 15.0. The minimum absolute atomic E-state index is 0.404. The molecule has 1 aromatic heterocycles. The Kier molecular flexibility index (Phi) is 5.11. The number of ether oxygens (including phenoxy) is 2. The summed E-state index contributed by atoms with van der Waals surface area (Å²) in [4.78, 5) is 4.61. The Hall–Kier alpha value is -1.43. The van der Waals surface area contributed by atoms with Crippen molar-refractivity contribution in [3.8, 4) is 0 Å². The molecule has 1 unspecified atom stereocenters. The van der Waals surface area contributed by atoms with Crippen LogP contribution in [0.2, 0.25) is 0 Å². The number of hydrogen-bond acceptors (Lipinski definition) is 4. The Morgan fingerprint density at radius 2 is 1.95 bits per heavy atom. The number of aliphatic hydroxyl groups excluding tert-OH is 1. The maximum absolute atomic E-state index is 10.2. The molecule has 0 aliphatic rings. The Bertz CT molecular complexity index is 549. The van der Waals surface area contributed by atoms with Gasteiger partial charge in [-0.3, -0.25) is 0 Å². The number of aryl methyl sites for hydroxylation is 1. The zero-order valence-electron chi connectivity index (χ0n) is 12.2. The van der Waals surface area contributed by atoms with Crippen LogP contribution in [0, 0.1) is 0 Å². The smallest absolute Gasteiger partial charge is 0.183 e. The number of methoxy groups -OCH3 is 2. The first-order chi connectivity index (χ1) is 9.71. The van der Waals surface area contributed by atoms with Crippen LogP contribution in [-0.2, 0) is 22.4 Å². The summed E-state index contributed by atoms with van der Waals surface area (Å²) in [5.41, 5.74) is 2.05. The second kappa shape index (κ2) is 6.83. The van der Waals surface area contributed by atoms with Gasteiger partial charge in [0.25, 0.3) is 0 Å². The van der Waals surface area contributed by atoms with Gasteiger partial charge < -0.3 is 19.1 Å². The molecule has 0 saturated carbocycles. The van der Waals surface area contributed by atoms with Crippen LogP contribution in [0.4, 0.5) is 0 Å². The van der Waals surface area contributed by atoms with Crippen molar-refractivity contribution in [2.24, 2.45) is 0 Å². The highest BCUT2D eigenvalue weighted by atomic mass is 16.7. The van der Waals surface area contributed by atoms with Crippen molar-refractivity contribution < 1.29 is 14.6 Å². The molecule has 1 heterocycles. The molecule has 0 aliphatic heterocycles. The first-order valence-corrected chi connectivity index (χ1v) is 6.89. The zero-order valence-corrected chi connectivity index (χ0v) is 12.2. The van der Waals surface area contributed by atoms with Crippen molar-refractivity contribution >= 4 is 11.0 Å². The van der Waals surface area contributed by atoms with Gasteiger partial charge >= 0.3 is 0 Å². The summed E-state index contributed by atoms with van der Waals surface area (Å²) in [6.45, 7) is 3.01. The number of nitrogens with zero attached hydrogens (tertiary/aromatic N) is 2. The van der Waals surface area contributed by atoms with Crippen LogP contribution in [0.15, 0.2) is 24.3 Å². The average Bonchev–Trinajstić information content (AvgIpc) is 2.79. The second-order valence-corrected chi connectivity index (χ2v) is 4.78. The quantitative estimate of drug-likeness (QED) is 0.787. The molecule has 1 atom stereocenters.